The third kappa shape index (κ3) is 4.98. The van der Waals surface area contributed by atoms with Crippen LogP contribution in [0.1, 0.15) is 45.3 Å². The van der Waals surface area contributed by atoms with Gasteiger partial charge in [-0.2, -0.15) is 0 Å². The van der Waals surface area contributed by atoms with Crippen molar-refractivity contribution < 1.29 is 4.79 Å². The summed E-state index contributed by atoms with van der Waals surface area (Å²) in [5, 5.41) is 5.95. The fraction of sp³-hybridized carbons (Fsp3) is 0.647. The molecule has 0 bridgehead atoms. The lowest BCUT2D eigenvalue weighted by molar-refractivity contribution is 0.139. The molecule has 0 spiro atoms. The Hall–Kier alpha value is -1.62. The molecule has 2 rings (SSSR count). The lowest BCUT2D eigenvalue weighted by Crippen LogP contribution is -2.45. The molecule has 5 heteroatoms. The van der Waals surface area contributed by atoms with Crippen molar-refractivity contribution in [1.29, 1.82) is 0 Å². The topological polar surface area (TPSA) is 57.3 Å². The molecule has 2 heterocycles. The van der Waals surface area contributed by atoms with Gasteiger partial charge in [0, 0.05) is 25.3 Å². The number of rotatable bonds is 5. The van der Waals surface area contributed by atoms with Crippen molar-refractivity contribution in [1.82, 2.24) is 20.5 Å². The molecule has 2 N–H and O–H groups in total. The summed E-state index contributed by atoms with van der Waals surface area (Å²) in [5.74, 6) is 0.548. The number of carbonyl (C=O) groups is 1. The normalized spacial score (nSPS) is 20.6. The Morgan fingerprint density at radius 3 is 2.91 bits per heavy atom. The fourth-order valence-electron chi connectivity index (χ4n) is 2.92. The molecule has 1 aromatic heterocycles. The van der Waals surface area contributed by atoms with Crippen LogP contribution in [0.3, 0.4) is 0 Å². The summed E-state index contributed by atoms with van der Waals surface area (Å²) in [4.78, 5) is 18.8. The van der Waals surface area contributed by atoms with Crippen LogP contribution in [0.2, 0.25) is 0 Å². The van der Waals surface area contributed by atoms with Crippen molar-refractivity contribution in [3.05, 3.63) is 30.1 Å². The van der Waals surface area contributed by atoms with E-state index in [0.717, 1.165) is 18.8 Å². The maximum atomic E-state index is 12.0. The van der Waals surface area contributed by atoms with Crippen molar-refractivity contribution in [2.75, 3.05) is 19.6 Å². The number of aromatic nitrogens is 1. The highest BCUT2D eigenvalue weighted by Crippen LogP contribution is 2.17. The van der Waals surface area contributed by atoms with Crippen LogP contribution in [-0.2, 0) is 0 Å². The zero-order valence-corrected chi connectivity index (χ0v) is 13.9. The first-order chi connectivity index (χ1) is 10.6. The summed E-state index contributed by atoms with van der Waals surface area (Å²) in [6, 6.07) is 6.12. The Morgan fingerprint density at radius 2 is 2.23 bits per heavy atom. The number of likely N-dealkylation sites (tertiary alicyclic amines) is 1. The van der Waals surface area contributed by atoms with Crippen LogP contribution < -0.4 is 10.6 Å². The second kappa shape index (κ2) is 8.13. The first kappa shape index (κ1) is 16.7. The monoisotopic (exact) mass is 304 g/mol. The van der Waals surface area contributed by atoms with Gasteiger partial charge in [-0.3, -0.25) is 4.98 Å². The van der Waals surface area contributed by atoms with Gasteiger partial charge in [0.15, 0.2) is 0 Å². The van der Waals surface area contributed by atoms with Gasteiger partial charge in [-0.1, -0.05) is 6.07 Å². The number of hydrogen-bond donors (Lipinski definition) is 2. The number of pyridine rings is 1. The second-order valence-corrected chi connectivity index (χ2v) is 6.43. The molecule has 1 aromatic rings. The van der Waals surface area contributed by atoms with Gasteiger partial charge in [0.2, 0.25) is 0 Å². The van der Waals surface area contributed by atoms with E-state index in [4.69, 9.17) is 0 Å². The molecular weight excluding hydrogens is 276 g/mol. The Kier molecular flexibility index (Phi) is 6.19. The minimum Gasteiger partial charge on any atom is -0.338 e. The van der Waals surface area contributed by atoms with E-state index in [-0.39, 0.29) is 12.1 Å². The molecule has 0 saturated carbocycles. The van der Waals surface area contributed by atoms with Crippen molar-refractivity contribution in [2.24, 2.45) is 5.92 Å². The quantitative estimate of drug-likeness (QED) is 0.879. The minimum absolute atomic E-state index is 0.0836. The number of hydrogen-bond acceptors (Lipinski definition) is 3. The molecular formula is C17H28N4O. The molecule has 5 nitrogen and oxygen atoms in total. The summed E-state index contributed by atoms with van der Waals surface area (Å²) in [7, 11) is 0. The van der Waals surface area contributed by atoms with Gasteiger partial charge in [-0.05, 0) is 58.2 Å². The minimum atomic E-state index is -0.111. The van der Waals surface area contributed by atoms with Crippen LogP contribution in [0.4, 0.5) is 4.79 Å². The summed E-state index contributed by atoms with van der Waals surface area (Å²) in [5.41, 5.74) is 0.876. The number of urea groups is 1. The van der Waals surface area contributed by atoms with Crippen LogP contribution in [0, 0.1) is 5.92 Å². The molecule has 0 aromatic carbocycles. The molecule has 0 aliphatic carbocycles. The molecule has 1 aliphatic heterocycles. The smallest absolute Gasteiger partial charge is 0.315 e. The average Bonchev–Trinajstić information content (AvgIpc) is 2.54. The summed E-state index contributed by atoms with van der Waals surface area (Å²) < 4.78 is 0. The predicted octanol–water partition coefficient (Wildman–Crippen LogP) is 2.56. The Morgan fingerprint density at radius 1 is 1.41 bits per heavy atom. The highest BCUT2D eigenvalue weighted by atomic mass is 16.2. The molecule has 0 unspecified atom stereocenters. The highest BCUT2D eigenvalue weighted by Gasteiger charge is 2.22. The molecule has 22 heavy (non-hydrogen) atoms. The second-order valence-electron chi connectivity index (χ2n) is 6.43. The van der Waals surface area contributed by atoms with Gasteiger partial charge in [0.05, 0.1) is 11.7 Å². The van der Waals surface area contributed by atoms with E-state index in [1.807, 2.05) is 25.1 Å². The third-order valence-corrected chi connectivity index (χ3v) is 4.31. The summed E-state index contributed by atoms with van der Waals surface area (Å²) in [6.45, 7) is 9.41. The Labute approximate surface area is 133 Å². The van der Waals surface area contributed by atoms with E-state index in [2.05, 4.69) is 34.4 Å². The van der Waals surface area contributed by atoms with E-state index < -0.39 is 0 Å². The number of amides is 2. The maximum absolute atomic E-state index is 12.0. The first-order valence-corrected chi connectivity index (χ1v) is 8.25. The molecule has 0 radical (unpaired) electrons. The van der Waals surface area contributed by atoms with Crippen molar-refractivity contribution in [3.63, 3.8) is 0 Å². The summed E-state index contributed by atoms with van der Waals surface area (Å²) in [6.07, 6.45) is 4.16. The Bertz CT molecular complexity index is 463. The van der Waals surface area contributed by atoms with Crippen LogP contribution >= 0.6 is 0 Å². The van der Waals surface area contributed by atoms with Gasteiger partial charge in [0.25, 0.3) is 0 Å². The number of nitrogens with zero attached hydrogens (tertiary/aromatic N) is 2. The van der Waals surface area contributed by atoms with Gasteiger partial charge in [-0.15, -0.1) is 0 Å². The van der Waals surface area contributed by atoms with E-state index >= 15 is 0 Å². The largest absolute Gasteiger partial charge is 0.338 e. The summed E-state index contributed by atoms with van der Waals surface area (Å²) >= 11 is 0. The fourth-order valence-corrected chi connectivity index (χ4v) is 2.92. The van der Waals surface area contributed by atoms with E-state index in [9.17, 15) is 4.79 Å². The van der Waals surface area contributed by atoms with E-state index in [1.165, 1.54) is 19.4 Å². The van der Waals surface area contributed by atoms with Gasteiger partial charge < -0.3 is 15.5 Å². The number of nitrogens with one attached hydrogen (secondary N) is 2. The van der Waals surface area contributed by atoms with E-state index in [1.54, 1.807) is 6.20 Å². The van der Waals surface area contributed by atoms with Crippen molar-refractivity contribution in [3.8, 4) is 0 Å². The van der Waals surface area contributed by atoms with Gasteiger partial charge >= 0.3 is 6.03 Å². The molecule has 2 amide bonds. The molecule has 1 saturated heterocycles. The van der Waals surface area contributed by atoms with Gasteiger partial charge in [0.1, 0.15) is 0 Å². The molecule has 2 atom stereocenters. The number of piperidine rings is 1. The van der Waals surface area contributed by atoms with Gasteiger partial charge in [-0.25, -0.2) is 4.79 Å². The van der Waals surface area contributed by atoms with Crippen LogP contribution in [-0.4, -0.2) is 41.6 Å². The zero-order valence-electron chi connectivity index (χ0n) is 13.9. The van der Waals surface area contributed by atoms with Crippen molar-refractivity contribution >= 4 is 6.03 Å². The zero-order chi connectivity index (χ0) is 15.9. The van der Waals surface area contributed by atoms with Crippen LogP contribution in [0.25, 0.3) is 0 Å². The number of carbonyl (C=O) groups excluding carboxylic acids is 1. The standard InChI is InChI=1S/C17H28N4O/c1-13(2)21-10-6-7-15(12-21)11-19-17(22)20-14(3)16-8-4-5-9-18-16/h4-5,8-9,13-15H,6-7,10-12H2,1-3H3,(H2,19,20,22)/t14-,15-/m1/s1. The lowest BCUT2D eigenvalue weighted by Gasteiger charge is -2.35. The third-order valence-electron chi connectivity index (χ3n) is 4.31. The first-order valence-electron chi connectivity index (χ1n) is 8.25. The molecule has 1 fully saturated rings. The van der Waals surface area contributed by atoms with Crippen LogP contribution in [0.5, 0.6) is 0 Å². The maximum Gasteiger partial charge on any atom is 0.315 e. The Balaban J connectivity index is 1.73. The SMILES string of the molecule is CC(C)N1CCC[C@H](CNC(=O)N[C@H](C)c2ccccn2)C1. The average molecular weight is 304 g/mol. The van der Waals surface area contributed by atoms with Crippen LogP contribution in [0.15, 0.2) is 24.4 Å². The molecule has 1 aliphatic rings. The predicted molar refractivity (Wildman–Crippen MR) is 88.6 cm³/mol. The lowest BCUT2D eigenvalue weighted by atomic mass is 9.97. The molecule has 122 valence electrons. The highest BCUT2D eigenvalue weighted by molar-refractivity contribution is 5.74. The van der Waals surface area contributed by atoms with Crippen molar-refractivity contribution in [2.45, 2.75) is 45.7 Å². The van der Waals surface area contributed by atoms with E-state index in [0.29, 0.717) is 12.0 Å².